The molecule has 0 aromatic heterocycles. The predicted octanol–water partition coefficient (Wildman–Crippen LogP) is 3.21. The van der Waals surface area contributed by atoms with Gasteiger partial charge in [0.15, 0.2) is 0 Å². The monoisotopic (exact) mass is 347 g/mol. The molecule has 6 heteroatoms. The Kier molecular flexibility index (Phi) is 4.49. The molecule has 0 saturated heterocycles. The first-order chi connectivity index (χ1) is 10.0. The average molecular weight is 348 g/mol. The van der Waals surface area contributed by atoms with E-state index in [-0.39, 0.29) is 16.8 Å². The van der Waals surface area contributed by atoms with Gasteiger partial charge >= 0.3 is 5.97 Å². The van der Waals surface area contributed by atoms with Gasteiger partial charge in [-0.05, 0) is 30.3 Å². The Bertz CT molecular complexity index is 727. The minimum Gasteiger partial charge on any atom is -0.478 e. The zero-order valence-corrected chi connectivity index (χ0v) is 12.3. The molecule has 0 fully saturated rings. The van der Waals surface area contributed by atoms with Crippen LogP contribution in [-0.2, 0) is 0 Å². The van der Waals surface area contributed by atoms with Crippen LogP contribution in [0, 0.1) is 0 Å². The van der Waals surface area contributed by atoms with E-state index in [0.29, 0.717) is 16.3 Å². The molecule has 0 saturated carbocycles. The van der Waals surface area contributed by atoms with Crippen molar-refractivity contribution in [3.05, 3.63) is 63.6 Å². The number of aromatic carboxylic acids is 1. The number of aldehydes is 1. The highest BCUT2D eigenvalue weighted by Crippen LogP contribution is 2.22. The van der Waals surface area contributed by atoms with Crippen molar-refractivity contribution >= 4 is 39.8 Å². The fraction of sp³-hybridized carbons (Fsp3) is 0. The van der Waals surface area contributed by atoms with Crippen LogP contribution in [-0.4, -0.2) is 23.3 Å². The van der Waals surface area contributed by atoms with Crippen LogP contribution < -0.4 is 5.32 Å². The van der Waals surface area contributed by atoms with Crippen LogP contribution in [0.3, 0.4) is 0 Å². The second-order valence-corrected chi connectivity index (χ2v) is 5.11. The number of halogens is 1. The fourth-order valence-electron chi connectivity index (χ4n) is 1.75. The number of benzene rings is 2. The van der Waals surface area contributed by atoms with E-state index >= 15 is 0 Å². The molecule has 5 nitrogen and oxygen atoms in total. The van der Waals surface area contributed by atoms with Crippen molar-refractivity contribution in [1.82, 2.24) is 0 Å². The highest BCUT2D eigenvalue weighted by molar-refractivity contribution is 9.10. The van der Waals surface area contributed by atoms with E-state index in [9.17, 15) is 14.4 Å². The van der Waals surface area contributed by atoms with E-state index in [1.165, 1.54) is 18.2 Å². The summed E-state index contributed by atoms with van der Waals surface area (Å²) in [7, 11) is 0. The number of nitrogens with one attached hydrogen (secondary N) is 1. The molecule has 21 heavy (non-hydrogen) atoms. The summed E-state index contributed by atoms with van der Waals surface area (Å²) in [4.78, 5) is 34.0. The molecule has 2 rings (SSSR count). The number of carbonyl (C=O) groups is 3. The normalized spacial score (nSPS) is 9.95. The number of rotatable bonds is 4. The van der Waals surface area contributed by atoms with E-state index in [1.54, 1.807) is 24.3 Å². The van der Waals surface area contributed by atoms with Gasteiger partial charge in [-0.3, -0.25) is 9.59 Å². The van der Waals surface area contributed by atoms with Crippen molar-refractivity contribution in [3.8, 4) is 0 Å². The maximum Gasteiger partial charge on any atom is 0.337 e. The number of amides is 1. The van der Waals surface area contributed by atoms with E-state index in [2.05, 4.69) is 21.2 Å². The molecule has 2 N–H and O–H groups in total. The summed E-state index contributed by atoms with van der Waals surface area (Å²) in [5.74, 6) is -1.63. The molecule has 0 unspecified atom stereocenters. The molecule has 0 heterocycles. The van der Waals surface area contributed by atoms with Gasteiger partial charge in [-0.1, -0.05) is 28.1 Å². The number of carboxylic acids is 1. The van der Waals surface area contributed by atoms with Gasteiger partial charge in [-0.2, -0.15) is 0 Å². The van der Waals surface area contributed by atoms with Crippen LogP contribution in [0.1, 0.15) is 31.1 Å². The fourth-order valence-corrected chi connectivity index (χ4v) is 2.11. The first-order valence-electron chi connectivity index (χ1n) is 5.90. The Hall–Kier alpha value is -2.47. The summed E-state index contributed by atoms with van der Waals surface area (Å²) in [6.45, 7) is 0. The van der Waals surface area contributed by atoms with Crippen molar-refractivity contribution in [2.45, 2.75) is 0 Å². The maximum atomic E-state index is 12.1. The van der Waals surface area contributed by atoms with Gasteiger partial charge in [0.05, 0.1) is 11.3 Å². The Balaban J connectivity index is 2.31. The van der Waals surface area contributed by atoms with Crippen LogP contribution in [0.25, 0.3) is 0 Å². The van der Waals surface area contributed by atoms with Crippen LogP contribution >= 0.6 is 15.9 Å². The summed E-state index contributed by atoms with van der Waals surface area (Å²) >= 11 is 3.18. The van der Waals surface area contributed by atoms with Gasteiger partial charge in [-0.25, -0.2) is 4.79 Å². The Morgan fingerprint density at radius 2 is 1.90 bits per heavy atom. The summed E-state index contributed by atoms with van der Waals surface area (Å²) in [6, 6.07) is 10.7. The molecule has 0 aliphatic heterocycles. The first-order valence-corrected chi connectivity index (χ1v) is 6.70. The van der Waals surface area contributed by atoms with E-state index in [0.717, 1.165) is 0 Å². The number of anilines is 1. The molecule has 0 aliphatic rings. The third-order valence-electron chi connectivity index (χ3n) is 2.75. The minimum absolute atomic E-state index is 0.0238. The largest absolute Gasteiger partial charge is 0.478 e. The highest BCUT2D eigenvalue weighted by Gasteiger charge is 2.14. The zero-order chi connectivity index (χ0) is 15.4. The van der Waals surface area contributed by atoms with Crippen molar-refractivity contribution in [1.29, 1.82) is 0 Å². The third kappa shape index (κ3) is 3.55. The lowest BCUT2D eigenvalue weighted by atomic mass is 10.1. The van der Waals surface area contributed by atoms with E-state index in [1.807, 2.05) is 0 Å². The molecular formula is C15H10BrNO4. The minimum atomic E-state index is -1.15. The topological polar surface area (TPSA) is 83.5 Å². The van der Waals surface area contributed by atoms with Gasteiger partial charge in [0.25, 0.3) is 5.91 Å². The SMILES string of the molecule is O=Cc1cccc(C(=O)Nc2ccc(Br)cc2C(=O)O)c1. The molecule has 106 valence electrons. The molecule has 0 aliphatic carbocycles. The Labute approximate surface area is 128 Å². The van der Waals surface area contributed by atoms with Crippen LogP contribution in [0.5, 0.6) is 0 Å². The molecule has 2 aromatic carbocycles. The number of carbonyl (C=O) groups excluding carboxylic acids is 2. The van der Waals surface area contributed by atoms with Crippen molar-refractivity contribution < 1.29 is 19.5 Å². The highest BCUT2D eigenvalue weighted by atomic mass is 79.9. The molecule has 0 spiro atoms. The second kappa shape index (κ2) is 6.32. The molecule has 1 amide bonds. The van der Waals surface area contributed by atoms with Crippen LogP contribution in [0.2, 0.25) is 0 Å². The summed E-state index contributed by atoms with van der Waals surface area (Å²) in [6.07, 6.45) is 0.638. The lowest BCUT2D eigenvalue weighted by Gasteiger charge is -2.09. The maximum absolute atomic E-state index is 12.1. The van der Waals surface area contributed by atoms with Crippen molar-refractivity contribution in [2.75, 3.05) is 5.32 Å². The van der Waals surface area contributed by atoms with Crippen molar-refractivity contribution in [3.63, 3.8) is 0 Å². The van der Waals surface area contributed by atoms with Crippen LogP contribution in [0.15, 0.2) is 46.9 Å². The van der Waals surface area contributed by atoms with E-state index < -0.39 is 11.9 Å². The molecule has 0 radical (unpaired) electrons. The molecule has 0 bridgehead atoms. The summed E-state index contributed by atoms with van der Waals surface area (Å²) in [5, 5.41) is 11.7. The van der Waals surface area contributed by atoms with Gasteiger partial charge in [0, 0.05) is 15.6 Å². The number of carboxylic acid groups (broad SMARTS) is 1. The van der Waals surface area contributed by atoms with Gasteiger partial charge < -0.3 is 10.4 Å². The molecular weight excluding hydrogens is 338 g/mol. The zero-order valence-electron chi connectivity index (χ0n) is 10.7. The third-order valence-corrected chi connectivity index (χ3v) is 3.24. The molecule has 2 aromatic rings. The smallest absolute Gasteiger partial charge is 0.337 e. The standard InChI is InChI=1S/C15H10BrNO4/c16-11-4-5-13(12(7-11)15(20)21)17-14(19)10-3-1-2-9(6-10)8-18/h1-8H,(H,17,19)(H,20,21). The van der Waals surface area contributed by atoms with Crippen LogP contribution in [0.4, 0.5) is 5.69 Å². The first kappa shape index (κ1) is 14.9. The number of hydrogen-bond donors (Lipinski definition) is 2. The Morgan fingerprint density at radius 1 is 1.14 bits per heavy atom. The quantitative estimate of drug-likeness (QED) is 0.831. The summed E-state index contributed by atoms with van der Waals surface area (Å²) in [5.41, 5.74) is 0.812. The molecule has 0 atom stereocenters. The van der Waals surface area contributed by atoms with Crippen molar-refractivity contribution in [2.24, 2.45) is 0 Å². The lowest BCUT2D eigenvalue weighted by Crippen LogP contribution is -2.15. The predicted molar refractivity (Wildman–Crippen MR) is 80.9 cm³/mol. The second-order valence-electron chi connectivity index (χ2n) is 4.19. The van der Waals surface area contributed by atoms with Gasteiger partial charge in [0.2, 0.25) is 0 Å². The summed E-state index contributed by atoms with van der Waals surface area (Å²) < 4.78 is 0.598. The Morgan fingerprint density at radius 3 is 2.57 bits per heavy atom. The van der Waals surface area contributed by atoms with E-state index in [4.69, 9.17) is 5.11 Å². The lowest BCUT2D eigenvalue weighted by molar-refractivity contribution is 0.0698. The number of hydrogen-bond acceptors (Lipinski definition) is 3. The average Bonchev–Trinajstić information content (AvgIpc) is 2.48. The van der Waals surface area contributed by atoms with Gasteiger partial charge in [-0.15, -0.1) is 0 Å². The van der Waals surface area contributed by atoms with Gasteiger partial charge in [0.1, 0.15) is 6.29 Å².